The molecule has 4 nitrogen and oxygen atoms in total. The van der Waals surface area contributed by atoms with E-state index in [0.29, 0.717) is 5.75 Å². The smallest absolute Gasteiger partial charge is 0.161 e. The van der Waals surface area contributed by atoms with Crippen molar-refractivity contribution >= 4 is 11.5 Å². The summed E-state index contributed by atoms with van der Waals surface area (Å²) >= 11 is 0. The minimum atomic E-state index is 0.0742. The van der Waals surface area contributed by atoms with E-state index >= 15 is 0 Å². The van der Waals surface area contributed by atoms with Gasteiger partial charge in [-0.2, -0.15) is 0 Å². The molecule has 0 aromatic heterocycles. The first-order chi connectivity index (χ1) is 9.08. The van der Waals surface area contributed by atoms with E-state index < -0.39 is 0 Å². The maximum atomic E-state index is 11.6. The molecule has 0 saturated heterocycles. The lowest BCUT2D eigenvalue weighted by molar-refractivity contribution is -0.113. The Labute approximate surface area is 113 Å². The molecule has 0 radical (unpaired) electrons. The fraction of sp³-hybridized carbons (Fsp3) is 0.400. The van der Waals surface area contributed by atoms with Gasteiger partial charge in [-0.05, 0) is 38.0 Å². The summed E-state index contributed by atoms with van der Waals surface area (Å²) in [6.45, 7) is 4.25. The molecular weight excluding hydrogens is 242 g/mol. The number of hydrogen-bond donors (Lipinski definition) is 1. The number of benzene rings is 1. The summed E-state index contributed by atoms with van der Waals surface area (Å²) in [5.41, 5.74) is 3.84. The SMILES string of the molecule is COc1cc2c(cc1OC)/C(=C(\C)C(C)=O)NCC2. The Morgan fingerprint density at radius 2 is 1.79 bits per heavy atom. The molecule has 0 spiro atoms. The van der Waals surface area contributed by atoms with Crippen molar-refractivity contribution in [1.29, 1.82) is 0 Å². The van der Waals surface area contributed by atoms with Gasteiger partial charge in [0, 0.05) is 23.4 Å². The predicted octanol–water partition coefficient (Wildman–Crippen LogP) is 2.17. The highest BCUT2D eigenvalue weighted by Gasteiger charge is 2.20. The lowest BCUT2D eigenvalue weighted by atomic mass is 9.94. The van der Waals surface area contributed by atoms with Crippen LogP contribution in [-0.2, 0) is 11.2 Å². The highest BCUT2D eigenvalue weighted by Crippen LogP contribution is 2.35. The molecule has 0 fully saturated rings. The monoisotopic (exact) mass is 261 g/mol. The van der Waals surface area contributed by atoms with Gasteiger partial charge >= 0.3 is 0 Å². The normalized spacial score (nSPS) is 16.2. The summed E-state index contributed by atoms with van der Waals surface area (Å²) in [5.74, 6) is 1.48. The Kier molecular flexibility index (Phi) is 3.79. The summed E-state index contributed by atoms with van der Waals surface area (Å²) < 4.78 is 10.6. The second-order valence-electron chi connectivity index (χ2n) is 4.60. The second-order valence-corrected chi connectivity index (χ2v) is 4.60. The Hall–Kier alpha value is -1.97. The average molecular weight is 261 g/mol. The van der Waals surface area contributed by atoms with Crippen LogP contribution in [0.3, 0.4) is 0 Å². The van der Waals surface area contributed by atoms with E-state index in [1.807, 2.05) is 19.1 Å². The number of Topliss-reactive ketones (excluding diaryl/α,β-unsaturated/α-hetero) is 1. The summed E-state index contributed by atoms with van der Waals surface area (Å²) in [4.78, 5) is 11.6. The van der Waals surface area contributed by atoms with Gasteiger partial charge in [-0.25, -0.2) is 0 Å². The zero-order chi connectivity index (χ0) is 14.0. The average Bonchev–Trinajstić information content (AvgIpc) is 2.44. The molecule has 0 saturated carbocycles. The van der Waals surface area contributed by atoms with Crippen molar-refractivity contribution < 1.29 is 14.3 Å². The molecule has 0 atom stereocenters. The van der Waals surface area contributed by atoms with Gasteiger partial charge in [0.2, 0.25) is 0 Å². The molecule has 1 aromatic rings. The van der Waals surface area contributed by atoms with E-state index in [1.54, 1.807) is 21.1 Å². The zero-order valence-electron chi connectivity index (χ0n) is 11.8. The van der Waals surface area contributed by atoms with Crippen LogP contribution in [0.2, 0.25) is 0 Å². The van der Waals surface area contributed by atoms with E-state index in [2.05, 4.69) is 5.32 Å². The van der Waals surface area contributed by atoms with E-state index in [0.717, 1.165) is 35.5 Å². The molecule has 1 heterocycles. The molecular formula is C15H19NO3. The second kappa shape index (κ2) is 5.34. The van der Waals surface area contributed by atoms with Crippen molar-refractivity contribution in [2.24, 2.45) is 0 Å². The van der Waals surface area contributed by atoms with Gasteiger partial charge in [0.1, 0.15) is 0 Å². The molecule has 0 amide bonds. The Morgan fingerprint density at radius 1 is 1.16 bits per heavy atom. The maximum Gasteiger partial charge on any atom is 0.161 e. The van der Waals surface area contributed by atoms with E-state index in [1.165, 1.54) is 5.56 Å². The van der Waals surface area contributed by atoms with E-state index in [-0.39, 0.29) is 5.78 Å². The highest BCUT2D eigenvalue weighted by molar-refractivity contribution is 6.00. The van der Waals surface area contributed by atoms with Crippen LogP contribution in [-0.4, -0.2) is 26.5 Å². The first-order valence-corrected chi connectivity index (χ1v) is 6.29. The largest absolute Gasteiger partial charge is 0.493 e. The molecule has 2 rings (SSSR count). The molecule has 1 aromatic carbocycles. The molecule has 0 aliphatic carbocycles. The molecule has 1 N–H and O–H groups in total. The molecule has 1 aliphatic rings. The van der Waals surface area contributed by atoms with E-state index in [4.69, 9.17) is 9.47 Å². The van der Waals surface area contributed by atoms with Crippen molar-refractivity contribution in [2.45, 2.75) is 20.3 Å². The molecule has 1 aliphatic heterocycles. The van der Waals surface area contributed by atoms with Crippen LogP contribution >= 0.6 is 0 Å². The lowest BCUT2D eigenvalue weighted by Crippen LogP contribution is -2.25. The Bertz CT molecular complexity index is 547. The fourth-order valence-electron chi connectivity index (χ4n) is 2.29. The first-order valence-electron chi connectivity index (χ1n) is 6.29. The first kappa shape index (κ1) is 13.5. The van der Waals surface area contributed by atoms with Gasteiger partial charge < -0.3 is 14.8 Å². The van der Waals surface area contributed by atoms with Gasteiger partial charge in [-0.3, -0.25) is 4.79 Å². The van der Waals surface area contributed by atoms with Crippen LogP contribution < -0.4 is 14.8 Å². The number of methoxy groups -OCH3 is 2. The van der Waals surface area contributed by atoms with Crippen LogP contribution in [0.1, 0.15) is 25.0 Å². The van der Waals surface area contributed by atoms with Gasteiger partial charge in [-0.15, -0.1) is 0 Å². The number of ketones is 1. The van der Waals surface area contributed by atoms with Gasteiger partial charge in [0.25, 0.3) is 0 Å². The summed E-state index contributed by atoms with van der Waals surface area (Å²) in [7, 11) is 3.24. The molecule has 0 bridgehead atoms. The quantitative estimate of drug-likeness (QED) is 0.847. The number of fused-ring (bicyclic) bond motifs is 1. The van der Waals surface area contributed by atoms with Crippen molar-refractivity contribution in [3.05, 3.63) is 28.8 Å². The van der Waals surface area contributed by atoms with Crippen LogP contribution in [0.4, 0.5) is 0 Å². The van der Waals surface area contributed by atoms with Crippen LogP contribution in [0.5, 0.6) is 11.5 Å². The van der Waals surface area contributed by atoms with Crippen molar-refractivity contribution in [3.8, 4) is 11.5 Å². The Morgan fingerprint density at radius 3 is 2.37 bits per heavy atom. The number of carbonyl (C=O) groups excluding carboxylic acids is 1. The third-order valence-electron chi connectivity index (χ3n) is 3.48. The number of rotatable bonds is 3. The number of ether oxygens (including phenoxy) is 2. The standard InChI is InChI=1S/C15H19NO3/c1-9(10(2)17)15-12-8-14(19-4)13(18-3)7-11(12)5-6-16-15/h7-8,16H,5-6H2,1-4H3/b15-9-. The number of allylic oxidation sites excluding steroid dienone is 1. The topological polar surface area (TPSA) is 47.6 Å². The van der Waals surface area contributed by atoms with Crippen LogP contribution in [0.25, 0.3) is 5.70 Å². The van der Waals surface area contributed by atoms with Crippen LogP contribution in [0, 0.1) is 0 Å². The Balaban J connectivity index is 2.62. The minimum Gasteiger partial charge on any atom is -0.493 e. The summed E-state index contributed by atoms with van der Waals surface area (Å²) in [5, 5.41) is 3.31. The summed E-state index contributed by atoms with van der Waals surface area (Å²) in [6, 6.07) is 3.92. The number of carbonyl (C=O) groups is 1. The van der Waals surface area contributed by atoms with Crippen molar-refractivity contribution in [2.75, 3.05) is 20.8 Å². The van der Waals surface area contributed by atoms with Gasteiger partial charge in [0.15, 0.2) is 17.3 Å². The molecule has 4 heteroatoms. The number of nitrogens with one attached hydrogen (secondary N) is 1. The predicted molar refractivity (Wildman–Crippen MR) is 74.5 cm³/mol. The van der Waals surface area contributed by atoms with Gasteiger partial charge in [-0.1, -0.05) is 0 Å². The van der Waals surface area contributed by atoms with Crippen molar-refractivity contribution in [3.63, 3.8) is 0 Å². The maximum absolute atomic E-state index is 11.6. The third kappa shape index (κ3) is 2.43. The molecule has 19 heavy (non-hydrogen) atoms. The van der Waals surface area contributed by atoms with Crippen LogP contribution in [0.15, 0.2) is 17.7 Å². The third-order valence-corrected chi connectivity index (χ3v) is 3.48. The molecule has 102 valence electrons. The molecule has 0 unspecified atom stereocenters. The van der Waals surface area contributed by atoms with Gasteiger partial charge in [0.05, 0.1) is 14.2 Å². The highest BCUT2D eigenvalue weighted by atomic mass is 16.5. The number of hydrogen-bond acceptors (Lipinski definition) is 4. The minimum absolute atomic E-state index is 0.0742. The zero-order valence-corrected chi connectivity index (χ0v) is 11.8. The lowest BCUT2D eigenvalue weighted by Gasteiger charge is -2.24. The van der Waals surface area contributed by atoms with Crippen molar-refractivity contribution in [1.82, 2.24) is 5.32 Å². The van der Waals surface area contributed by atoms with E-state index in [9.17, 15) is 4.79 Å². The summed E-state index contributed by atoms with van der Waals surface area (Å²) in [6.07, 6.45) is 0.907. The fourth-order valence-corrected chi connectivity index (χ4v) is 2.29.